The van der Waals surface area contributed by atoms with E-state index < -0.39 is 0 Å². The van der Waals surface area contributed by atoms with Crippen molar-refractivity contribution in [1.29, 1.82) is 0 Å². The number of nitrogens with zero attached hydrogens (tertiary/aromatic N) is 2. The molecule has 1 aliphatic rings. The van der Waals surface area contributed by atoms with Crippen LogP contribution >= 0.6 is 22.9 Å². The first-order valence-electron chi connectivity index (χ1n) is 8.94. The molecule has 1 saturated heterocycles. The summed E-state index contributed by atoms with van der Waals surface area (Å²) in [6, 6.07) is 7.77. The lowest BCUT2D eigenvalue weighted by atomic mass is 10.2. The number of rotatable bonds is 7. The summed E-state index contributed by atoms with van der Waals surface area (Å²) in [6.07, 6.45) is 1.21. The molecular weight excluding hydrogens is 370 g/mol. The minimum atomic E-state index is 0.0213. The number of amides is 1. The van der Waals surface area contributed by atoms with Crippen LogP contribution in [-0.4, -0.2) is 54.7 Å². The number of halogens is 1. The predicted molar refractivity (Wildman–Crippen MR) is 106 cm³/mol. The van der Waals surface area contributed by atoms with Crippen LogP contribution < -0.4 is 5.32 Å². The summed E-state index contributed by atoms with van der Waals surface area (Å²) >= 11 is 7.57. The van der Waals surface area contributed by atoms with Crippen molar-refractivity contribution < 1.29 is 9.53 Å². The van der Waals surface area contributed by atoms with Crippen LogP contribution in [0.4, 0.5) is 0 Å². The highest BCUT2D eigenvalue weighted by Gasteiger charge is 2.18. The molecule has 140 valence electrons. The second kappa shape index (κ2) is 9.46. The maximum atomic E-state index is 12.4. The lowest BCUT2D eigenvalue weighted by Crippen LogP contribution is -2.47. The van der Waals surface area contributed by atoms with E-state index in [0.717, 1.165) is 55.5 Å². The van der Waals surface area contributed by atoms with E-state index in [1.54, 1.807) is 0 Å². The van der Waals surface area contributed by atoms with Crippen LogP contribution in [0.15, 0.2) is 29.6 Å². The van der Waals surface area contributed by atoms with Gasteiger partial charge < -0.3 is 10.1 Å². The normalized spacial score (nSPS) is 16.4. The summed E-state index contributed by atoms with van der Waals surface area (Å²) in [6.45, 7) is 6.38. The van der Waals surface area contributed by atoms with Crippen molar-refractivity contribution in [3.63, 3.8) is 0 Å². The molecule has 0 aliphatic carbocycles. The molecule has 2 heterocycles. The van der Waals surface area contributed by atoms with Crippen molar-refractivity contribution in [1.82, 2.24) is 15.2 Å². The van der Waals surface area contributed by atoms with Crippen molar-refractivity contribution >= 4 is 28.8 Å². The fraction of sp³-hybridized carbons (Fsp3) is 0.474. The molecule has 0 bridgehead atoms. The molecule has 26 heavy (non-hydrogen) atoms. The standard InChI is InChI=1S/C19H24ClN3O2S/c1-2-16(12-23-6-8-25-9-7-23)21-18(24)11-17-13-26-19(22-17)14-4-3-5-15(20)10-14/h3-5,10,13,16H,2,6-9,11-12H2,1H3,(H,21,24). The molecule has 0 spiro atoms. The van der Waals surface area contributed by atoms with Crippen molar-refractivity contribution in [3.8, 4) is 10.6 Å². The molecule has 1 aliphatic heterocycles. The predicted octanol–water partition coefficient (Wildman–Crippen LogP) is 3.23. The van der Waals surface area contributed by atoms with Crippen LogP contribution in [0.3, 0.4) is 0 Å². The number of thiazole rings is 1. The summed E-state index contributed by atoms with van der Waals surface area (Å²) in [5, 5.41) is 6.66. The molecule has 7 heteroatoms. The van der Waals surface area contributed by atoms with Gasteiger partial charge in [0.25, 0.3) is 0 Å². The Kier molecular flexibility index (Phi) is 7.02. The monoisotopic (exact) mass is 393 g/mol. The van der Waals surface area contributed by atoms with E-state index in [9.17, 15) is 4.79 Å². The second-order valence-corrected chi connectivity index (χ2v) is 7.71. The molecule has 5 nitrogen and oxygen atoms in total. The fourth-order valence-electron chi connectivity index (χ4n) is 2.96. The second-order valence-electron chi connectivity index (χ2n) is 6.42. The van der Waals surface area contributed by atoms with E-state index in [1.807, 2.05) is 29.6 Å². The van der Waals surface area contributed by atoms with Gasteiger partial charge in [0.05, 0.1) is 25.3 Å². The lowest BCUT2D eigenvalue weighted by Gasteiger charge is -2.30. The summed E-state index contributed by atoms with van der Waals surface area (Å²) in [5.74, 6) is 0.0213. The van der Waals surface area contributed by atoms with Crippen LogP contribution in [-0.2, 0) is 16.0 Å². The van der Waals surface area contributed by atoms with Gasteiger partial charge in [0.15, 0.2) is 0 Å². The number of aromatic nitrogens is 1. The molecule has 3 rings (SSSR count). The SMILES string of the molecule is CCC(CN1CCOCC1)NC(=O)Cc1csc(-c2cccc(Cl)c2)n1. The highest BCUT2D eigenvalue weighted by molar-refractivity contribution is 7.13. The molecule has 1 aromatic heterocycles. The first kappa shape index (κ1) is 19.3. The first-order chi connectivity index (χ1) is 12.6. The van der Waals surface area contributed by atoms with Crippen molar-refractivity contribution in [2.45, 2.75) is 25.8 Å². The number of carbonyl (C=O) groups is 1. The Hall–Kier alpha value is -1.47. The summed E-state index contributed by atoms with van der Waals surface area (Å²) < 4.78 is 5.38. The van der Waals surface area contributed by atoms with Gasteiger partial charge in [0.2, 0.25) is 5.91 Å². The van der Waals surface area contributed by atoms with Crippen LogP contribution in [0.25, 0.3) is 10.6 Å². The Labute approximate surface area is 163 Å². The van der Waals surface area contributed by atoms with Crippen LogP contribution in [0.2, 0.25) is 5.02 Å². The largest absolute Gasteiger partial charge is 0.379 e. The van der Waals surface area contributed by atoms with E-state index in [1.165, 1.54) is 11.3 Å². The third kappa shape index (κ3) is 5.51. The molecule has 2 aromatic rings. The zero-order valence-corrected chi connectivity index (χ0v) is 16.5. The van der Waals surface area contributed by atoms with Gasteiger partial charge in [-0.05, 0) is 18.6 Å². The van der Waals surface area contributed by atoms with Gasteiger partial charge in [-0.3, -0.25) is 9.69 Å². The Morgan fingerprint density at radius 1 is 1.42 bits per heavy atom. The van der Waals surface area contributed by atoms with E-state index in [4.69, 9.17) is 16.3 Å². The van der Waals surface area contributed by atoms with Crippen molar-refractivity contribution in [2.24, 2.45) is 0 Å². The molecule has 0 saturated carbocycles. The Bertz CT molecular complexity index is 731. The van der Waals surface area contributed by atoms with Gasteiger partial charge in [-0.25, -0.2) is 4.98 Å². The molecule has 1 aromatic carbocycles. The van der Waals surface area contributed by atoms with E-state index in [2.05, 4.69) is 22.1 Å². The number of hydrogen-bond acceptors (Lipinski definition) is 5. The molecule has 1 fully saturated rings. The average Bonchev–Trinajstić information content (AvgIpc) is 3.10. The van der Waals surface area contributed by atoms with Gasteiger partial charge in [0, 0.05) is 41.6 Å². The van der Waals surface area contributed by atoms with Crippen molar-refractivity contribution in [2.75, 3.05) is 32.8 Å². The average molecular weight is 394 g/mol. The van der Waals surface area contributed by atoms with E-state index in [-0.39, 0.29) is 11.9 Å². The molecule has 0 radical (unpaired) electrons. The van der Waals surface area contributed by atoms with E-state index >= 15 is 0 Å². The van der Waals surface area contributed by atoms with Gasteiger partial charge in [0.1, 0.15) is 5.01 Å². The summed E-state index contributed by atoms with van der Waals surface area (Å²) in [7, 11) is 0. The first-order valence-corrected chi connectivity index (χ1v) is 10.2. The Morgan fingerprint density at radius 3 is 2.96 bits per heavy atom. The minimum absolute atomic E-state index is 0.0213. The zero-order valence-electron chi connectivity index (χ0n) is 14.9. The zero-order chi connectivity index (χ0) is 18.4. The number of nitrogens with one attached hydrogen (secondary N) is 1. The van der Waals surface area contributed by atoms with Crippen LogP contribution in [0, 0.1) is 0 Å². The number of ether oxygens (including phenoxy) is 1. The quantitative estimate of drug-likeness (QED) is 0.784. The third-order valence-corrected chi connectivity index (χ3v) is 5.58. The van der Waals surface area contributed by atoms with Gasteiger partial charge in [-0.1, -0.05) is 30.7 Å². The van der Waals surface area contributed by atoms with Crippen LogP contribution in [0.5, 0.6) is 0 Å². The maximum Gasteiger partial charge on any atom is 0.226 e. The highest BCUT2D eigenvalue weighted by atomic mass is 35.5. The number of hydrogen-bond donors (Lipinski definition) is 1. The maximum absolute atomic E-state index is 12.4. The Balaban J connectivity index is 1.54. The van der Waals surface area contributed by atoms with Crippen molar-refractivity contribution in [3.05, 3.63) is 40.4 Å². The van der Waals surface area contributed by atoms with Gasteiger partial charge in [-0.2, -0.15) is 0 Å². The van der Waals surface area contributed by atoms with Gasteiger partial charge in [-0.15, -0.1) is 11.3 Å². The minimum Gasteiger partial charge on any atom is -0.379 e. The molecule has 1 amide bonds. The summed E-state index contributed by atoms with van der Waals surface area (Å²) in [5.41, 5.74) is 1.77. The lowest BCUT2D eigenvalue weighted by molar-refractivity contribution is -0.121. The smallest absolute Gasteiger partial charge is 0.226 e. The number of benzene rings is 1. The third-order valence-electron chi connectivity index (χ3n) is 4.41. The fourth-order valence-corrected chi connectivity index (χ4v) is 3.96. The molecular formula is C19H24ClN3O2S. The topological polar surface area (TPSA) is 54.5 Å². The molecule has 1 N–H and O–H groups in total. The number of carbonyl (C=O) groups excluding carboxylic acids is 1. The molecule has 1 atom stereocenters. The Morgan fingerprint density at radius 2 is 2.23 bits per heavy atom. The molecule has 1 unspecified atom stereocenters. The van der Waals surface area contributed by atoms with Gasteiger partial charge >= 0.3 is 0 Å². The highest BCUT2D eigenvalue weighted by Crippen LogP contribution is 2.26. The van der Waals surface area contributed by atoms with Crippen LogP contribution in [0.1, 0.15) is 19.0 Å². The van der Waals surface area contributed by atoms with E-state index in [0.29, 0.717) is 11.4 Å². The number of morpholine rings is 1. The summed E-state index contributed by atoms with van der Waals surface area (Å²) in [4.78, 5) is 19.3.